The average Bonchev–Trinajstić information content (AvgIpc) is 2.17. The van der Waals surface area contributed by atoms with Crippen molar-refractivity contribution in [3.63, 3.8) is 0 Å². The van der Waals surface area contributed by atoms with Crippen LogP contribution in [0.1, 0.15) is 24.0 Å². The molecule has 1 aliphatic rings. The van der Waals surface area contributed by atoms with E-state index in [1.165, 1.54) is 16.8 Å². The Labute approximate surface area is 91.5 Å². The van der Waals surface area contributed by atoms with Crippen LogP contribution in [0.25, 0.3) is 0 Å². The molecule has 0 saturated carbocycles. The molecule has 1 aromatic rings. The van der Waals surface area contributed by atoms with Crippen LogP contribution in [0.5, 0.6) is 0 Å². The Morgan fingerprint density at radius 1 is 1.07 bits per heavy atom. The standard InChI is InChI=1S/C13H18NO/c1-10-7-11(2)9-12(8-10)14-5-3-13(15)4-6-14/h7-9,13H,3-6H2,1-2H3. The molecule has 1 heterocycles. The number of aryl methyl sites for hydroxylation is 2. The molecule has 1 saturated heterocycles. The predicted molar refractivity (Wildman–Crippen MR) is 61.8 cm³/mol. The Morgan fingerprint density at radius 3 is 2.13 bits per heavy atom. The van der Waals surface area contributed by atoms with E-state index in [0.717, 1.165) is 25.9 Å². The zero-order chi connectivity index (χ0) is 10.8. The highest BCUT2D eigenvalue weighted by Gasteiger charge is 2.18. The zero-order valence-corrected chi connectivity index (χ0v) is 9.49. The number of benzene rings is 1. The summed E-state index contributed by atoms with van der Waals surface area (Å²) in [5.41, 5.74) is 3.88. The van der Waals surface area contributed by atoms with E-state index < -0.39 is 0 Å². The quantitative estimate of drug-likeness (QED) is 0.689. The largest absolute Gasteiger partial charge is 0.371 e. The number of nitrogens with zero attached hydrogens (tertiary/aromatic N) is 1. The van der Waals surface area contributed by atoms with E-state index in [-0.39, 0.29) is 6.10 Å². The lowest BCUT2D eigenvalue weighted by molar-refractivity contribution is 0.0676. The van der Waals surface area contributed by atoms with Gasteiger partial charge in [0.1, 0.15) is 0 Å². The van der Waals surface area contributed by atoms with E-state index in [0.29, 0.717) is 0 Å². The third kappa shape index (κ3) is 2.51. The first kappa shape index (κ1) is 10.5. The lowest BCUT2D eigenvalue weighted by atomic mass is 10.1. The summed E-state index contributed by atoms with van der Waals surface area (Å²) in [6.45, 7) is 6.07. The lowest BCUT2D eigenvalue weighted by Gasteiger charge is -2.31. The van der Waals surface area contributed by atoms with Crippen molar-refractivity contribution >= 4 is 5.69 Å². The van der Waals surface area contributed by atoms with Gasteiger partial charge in [-0.15, -0.1) is 0 Å². The van der Waals surface area contributed by atoms with Gasteiger partial charge in [0.05, 0.1) is 6.10 Å². The molecule has 0 unspecified atom stereocenters. The molecular formula is C13H18NO. The molecule has 0 aliphatic carbocycles. The van der Waals surface area contributed by atoms with Gasteiger partial charge in [-0.2, -0.15) is 0 Å². The van der Waals surface area contributed by atoms with Crippen LogP contribution in [0, 0.1) is 13.8 Å². The van der Waals surface area contributed by atoms with Crippen LogP contribution in [-0.2, 0) is 5.11 Å². The highest BCUT2D eigenvalue weighted by atomic mass is 16.3. The van der Waals surface area contributed by atoms with Crippen molar-refractivity contribution in [3.8, 4) is 0 Å². The van der Waals surface area contributed by atoms with Gasteiger partial charge in [-0.05, 0) is 49.9 Å². The Hall–Kier alpha value is -1.02. The second-order valence-corrected chi connectivity index (χ2v) is 4.53. The fourth-order valence-electron chi connectivity index (χ4n) is 2.25. The molecule has 15 heavy (non-hydrogen) atoms. The van der Waals surface area contributed by atoms with Crippen LogP contribution < -0.4 is 4.90 Å². The topological polar surface area (TPSA) is 23.1 Å². The summed E-state index contributed by atoms with van der Waals surface area (Å²) in [6.07, 6.45) is 1.23. The van der Waals surface area contributed by atoms with Crippen molar-refractivity contribution in [2.75, 3.05) is 18.0 Å². The molecule has 1 aliphatic heterocycles. The fraction of sp³-hybridized carbons (Fsp3) is 0.538. The van der Waals surface area contributed by atoms with Crippen LogP contribution in [0.15, 0.2) is 18.2 Å². The maximum Gasteiger partial charge on any atom is 0.0963 e. The summed E-state index contributed by atoms with van der Waals surface area (Å²) in [7, 11) is 0. The molecule has 1 aromatic carbocycles. The Balaban J connectivity index is 2.15. The Morgan fingerprint density at radius 2 is 1.60 bits per heavy atom. The van der Waals surface area contributed by atoms with Gasteiger partial charge in [-0.25, -0.2) is 5.11 Å². The third-order valence-corrected chi connectivity index (χ3v) is 3.01. The molecule has 0 spiro atoms. The van der Waals surface area contributed by atoms with Gasteiger partial charge in [-0.1, -0.05) is 6.07 Å². The minimum Gasteiger partial charge on any atom is -0.371 e. The molecule has 1 fully saturated rings. The average molecular weight is 204 g/mol. The van der Waals surface area contributed by atoms with Crippen molar-refractivity contribution in [1.29, 1.82) is 0 Å². The van der Waals surface area contributed by atoms with E-state index >= 15 is 0 Å². The first-order valence-electron chi connectivity index (χ1n) is 5.64. The van der Waals surface area contributed by atoms with Crippen molar-refractivity contribution in [2.45, 2.75) is 32.8 Å². The van der Waals surface area contributed by atoms with Gasteiger partial charge < -0.3 is 4.90 Å². The van der Waals surface area contributed by atoms with Gasteiger partial charge in [0, 0.05) is 18.8 Å². The minimum absolute atomic E-state index is 0.341. The third-order valence-electron chi connectivity index (χ3n) is 3.01. The van der Waals surface area contributed by atoms with Crippen LogP contribution >= 0.6 is 0 Å². The molecule has 0 amide bonds. The number of piperidine rings is 1. The lowest BCUT2D eigenvalue weighted by Crippen LogP contribution is -2.35. The molecule has 1 radical (unpaired) electrons. The number of rotatable bonds is 1. The smallest absolute Gasteiger partial charge is 0.0963 e. The van der Waals surface area contributed by atoms with E-state index in [2.05, 4.69) is 36.9 Å². The summed E-state index contributed by atoms with van der Waals surface area (Å²) in [5.74, 6) is 0. The highest BCUT2D eigenvalue weighted by molar-refractivity contribution is 5.51. The van der Waals surface area contributed by atoms with E-state index in [9.17, 15) is 5.11 Å². The SMILES string of the molecule is Cc1cc(C)cc(N2CCC([O])CC2)c1. The molecule has 0 aromatic heterocycles. The van der Waals surface area contributed by atoms with Crippen molar-refractivity contribution in [2.24, 2.45) is 0 Å². The summed E-state index contributed by atoms with van der Waals surface area (Å²) < 4.78 is 0. The minimum atomic E-state index is -0.341. The van der Waals surface area contributed by atoms with Crippen molar-refractivity contribution in [1.82, 2.24) is 0 Å². The maximum atomic E-state index is 11.2. The van der Waals surface area contributed by atoms with Gasteiger partial charge in [0.25, 0.3) is 0 Å². The second kappa shape index (κ2) is 4.23. The van der Waals surface area contributed by atoms with Gasteiger partial charge in [-0.3, -0.25) is 0 Å². The van der Waals surface area contributed by atoms with Crippen molar-refractivity contribution in [3.05, 3.63) is 29.3 Å². The van der Waals surface area contributed by atoms with Crippen LogP contribution in [0.3, 0.4) is 0 Å². The fourth-order valence-corrected chi connectivity index (χ4v) is 2.25. The Bertz CT molecular complexity index is 320. The van der Waals surface area contributed by atoms with E-state index in [1.54, 1.807) is 0 Å². The molecule has 2 rings (SSSR count). The van der Waals surface area contributed by atoms with Gasteiger partial charge in [0.2, 0.25) is 0 Å². The summed E-state index contributed by atoms with van der Waals surface area (Å²) in [4.78, 5) is 2.33. The maximum absolute atomic E-state index is 11.2. The van der Waals surface area contributed by atoms with E-state index in [1.807, 2.05) is 0 Å². The molecule has 2 nitrogen and oxygen atoms in total. The normalized spacial score (nSPS) is 18.2. The van der Waals surface area contributed by atoms with Crippen LogP contribution in [0.4, 0.5) is 5.69 Å². The second-order valence-electron chi connectivity index (χ2n) is 4.53. The van der Waals surface area contributed by atoms with Crippen LogP contribution in [-0.4, -0.2) is 19.2 Å². The summed E-state index contributed by atoms with van der Waals surface area (Å²) >= 11 is 0. The molecule has 2 heteroatoms. The zero-order valence-electron chi connectivity index (χ0n) is 9.49. The first-order valence-corrected chi connectivity index (χ1v) is 5.64. The Kier molecular flexibility index (Phi) is 2.96. The summed E-state index contributed by atoms with van der Waals surface area (Å²) in [6, 6.07) is 6.60. The van der Waals surface area contributed by atoms with Crippen molar-refractivity contribution < 1.29 is 5.11 Å². The number of hydrogen-bond donors (Lipinski definition) is 0. The summed E-state index contributed by atoms with van der Waals surface area (Å²) in [5, 5.41) is 11.2. The monoisotopic (exact) mass is 204 g/mol. The van der Waals surface area contributed by atoms with Gasteiger partial charge >= 0.3 is 0 Å². The molecule has 0 N–H and O–H groups in total. The highest BCUT2D eigenvalue weighted by Crippen LogP contribution is 2.22. The number of anilines is 1. The first-order chi connectivity index (χ1) is 7.15. The van der Waals surface area contributed by atoms with Gasteiger partial charge in [0.15, 0.2) is 0 Å². The number of hydrogen-bond acceptors (Lipinski definition) is 1. The predicted octanol–water partition coefficient (Wildman–Crippen LogP) is 2.70. The molecular weight excluding hydrogens is 186 g/mol. The van der Waals surface area contributed by atoms with E-state index in [4.69, 9.17) is 0 Å². The molecule has 0 atom stereocenters. The van der Waals surface area contributed by atoms with Crippen LogP contribution in [0.2, 0.25) is 0 Å². The molecule has 81 valence electrons. The molecule has 0 bridgehead atoms.